The van der Waals surface area contributed by atoms with Gasteiger partial charge in [0.05, 0.1) is 0 Å². The number of nitrogens with one attached hydrogen (secondary N) is 2. The molecule has 0 radical (unpaired) electrons. The van der Waals surface area contributed by atoms with Gasteiger partial charge in [-0.25, -0.2) is 13.1 Å². The van der Waals surface area contributed by atoms with Crippen LogP contribution >= 0.6 is 11.3 Å². The van der Waals surface area contributed by atoms with Gasteiger partial charge in [0.1, 0.15) is 4.21 Å². The lowest BCUT2D eigenvalue weighted by Crippen LogP contribution is -2.38. The molecule has 1 saturated heterocycles. The molecule has 0 saturated carbocycles. The van der Waals surface area contributed by atoms with E-state index >= 15 is 0 Å². The Kier molecular flexibility index (Phi) is 6.19. The Labute approximate surface area is 131 Å². The van der Waals surface area contributed by atoms with Crippen molar-refractivity contribution in [3.63, 3.8) is 0 Å². The average molecular weight is 332 g/mol. The summed E-state index contributed by atoms with van der Waals surface area (Å²) in [7, 11) is -3.41. The van der Waals surface area contributed by atoms with E-state index < -0.39 is 10.0 Å². The van der Waals surface area contributed by atoms with E-state index in [-0.39, 0.29) is 6.04 Å². The van der Waals surface area contributed by atoms with Gasteiger partial charge in [0, 0.05) is 30.7 Å². The largest absolute Gasteiger partial charge is 0.381 e. The minimum atomic E-state index is -3.41. The van der Waals surface area contributed by atoms with Gasteiger partial charge in [-0.15, -0.1) is 11.3 Å². The minimum absolute atomic E-state index is 0.00665. The zero-order chi connectivity index (χ0) is 15.3. The number of hydrogen-bond donors (Lipinski definition) is 2. The maximum Gasteiger partial charge on any atom is 0.250 e. The molecule has 120 valence electrons. The zero-order valence-corrected chi connectivity index (χ0v) is 14.3. The second kappa shape index (κ2) is 7.69. The Balaban J connectivity index is 2.03. The highest BCUT2D eigenvalue weighted by molar-refractivity contribution is 7.91. The normalized spacial score (nSPS) is 17.2. The number of rotatable bonds is 7. The number of hydrogen-bond acceptors (Lipinski definition) is 5. The van der Waals surface area contributed by atoms with Crippen LogP contribution in [0, 0.1) is 6.92 Å². The summed E-state index contributed by atoms with van der Waals surface area (Å²) in [5.74, 6) is 0. The lowest BCUT2D eigenvalue weighted by Gasteiger charge is -2.22. The lowest BCUT2D eigenvalue weighted by molar-refractivity contribution is 0.0832. The predicted octanol–water partition coefficient (Wildman–Crippen LogP) is 2.01. The summed E-state index contributed by atoms with van der Waals surface area (Å²) in [5, 5.41) is 3.32. The molecule has 1 fully saturated rings. The summed E-state index contributed by atoms with van der Waals surface area (Å²) in [6.45, 7) is 7.01. The first-order valence-corrected chi connectivity index (χ1v) is 9.73. The second-order valence-corrected chi connectivity index (χ2v) is 8.43. The van der Waals surface area contributed by atoms with Crippen LogP contribution in [-0.4, -0.2) is 34.2 Å². The highest BCUT2D eigenvalue weighted by atomic mass is 32.2. The first-order valence-electron chi connectivity index (χ1n) is 7.43. The highest BCUT2D eigenvalue weighted by Crippen LogP contribution is 2.26. The van der Waals surface area contributed by atoms with Crippen LogP contribution in [0.1, 0.15) is 36.6 Å². The Morgan fingerprint density at radius 2 is 2.10 bits per heavy atom. The van der Waals surface area contributed by atoms with Crippen LogP contribution < -0.4 is 10.0 Å². The molecular formula is C14H24N2O3S2. The molecule has 2 rings (SSSR count). The summed E-state index contributed by atoms with van der Waals surface area (Å²) in [5.41, 5.74) is 1.04. The van der Waals surface area contributed by atoms with Crippen LogP contribution in [0.4, 0.5) is 0 Å². The third-order valence-corrected chi connectivity index (χ3v) is 6.75. The number of sulfonamides is 1. The Morgan fingerprint density at radius 3 is 2.76 bits per heavy atom. The molecule has 2 heterocycles. The molecule has 1 aliphatic heterocycles. The van der Waals surface area contributed by atoms with Crippen molar-refractivity contribution in [3.05, 3.63) is 16.5 Å². The quantitative estimate of drug-likeness (QED) is 0.750. The van der Waals surface area contributed by atoms with E-state index in [9.17, 15) is 8.42 Å². The van der Waals surface area contributed by atoms with Crippen molar-refractivity contribution < 1.29 is 13.2 Å². The van der Waals surface area contributed by atoms with Gasteiger partial charge in [0.2, 0.25) is 10.0 Å². The van der Waals surface area contributed by atoms with Crippen molar-refractivity contribution in [1.82, 2.24) is 10.0 Å². The first-order chi connectivity index (χ1) is 10.0. The second-order valence-electron chi connectivity index (χ2n) is 5.36. The van der Waals surface area contributed by atoms with Gasteiger partial charge in [-0.3, -0.25) is 0 Å². The molecule has 0 unspecified atom stereocenters. The summed E-state index contributed by atoms with van der Waals surface area (Å²) in [4.78, 5) is 1.09. The molecule has 0 spiro atoms. The molecule has 1 aromatic rings. The van der Waals surface area contributed by atoms with E-state index in [4.69, 9.17) is 4.74 Å². The van der Waals surface area contributed by atoms with Crippen LogP contribution in [0.15, 0.2) is 10.3 Å². The SMILES string of the molecule is CCCNCc1sc(S(=O)(=O)NC2CCOCC2)cc1C. The van der Waals surface area contributed by atoms with Crippen molar-refractivity contribution >= 4 is 21.4 Å². The third kappa shape index (κ3) is 4.75. The van der Waals surface area contributed by atoms with Gasteiger partial charge in [-0.1, -0.05) is 6.92 Å². The van der Waals surface area contributed by atoms with Crippen LogP contribution in [0.3, 0.4) is 0 Å². The molecule has 0 aromatic carbocycles. The van der Waals surface area contributed by atoms with Gasteiger partial charge in [-0.05, 0) is 44.4 Å². The van der Waals surface area contributed by atoms with Gasteiger partial charge < -0.3 is 10.1 Å². The molecule has 5 nitrogen and oxygen atoms in total. The van der Waals surface area contributed by atoms with E-state index in [2.05, 4.69) is 17.0 Å². The fourth-order valence-corrected chi connectivity index (χ4v) is 5.15. The van der Waals surface area contributed by atoms with Crippen LogP contribution in [0.25, 0.3) is 0 Å². The number of aryl methyl sites for hydroxylation is 1. The van der Waals surface area contributed by atoms with Crippen molar-refractivity contribution in [2.24, 2.45) is 0 Å². The van der Waals surface area contributed by atoms with Gasteiger partial charge in [-0.2, -0.15) is 0 Å². The standard InChI is InChI=1S/C14H24N2O3S2/c1-3-6-15-10-13-11(2)9-14(20-13)21(17,18)16-12-4-7-19-8-5-12/h9,12,15-16H,3-8,10H2,1-2H3. The Bertz CT molecular complexity index is 549. The third-order valence-electron chi connectivity index (χ3n) is 3.52. The highest BCUT2D eigenvalue weighted by Gasteiger charge is 2.24. The molecule has 0 amide bonds. The molecule has 2 N–H and O–H groups in total. The van der Waals surface area contributed by atoms with Crippen LogP contribution in [0.2, 0.25) is 0 Å². The molecular weight excluding hydrogens is 308 g/mol. The molecule has 0 bridgehead atoms. The van der Waals surface area contributed by atoms with E-state index in [1.54, 1.807) is 6.07 Å². The summed E-state index contributed by atoms with van der Waals surface area (Å²) >= 11 is 1.36. The number of thiophene rings is 1. The smallest absolute Gasteiger partial charge is 0.250 e. The van der Waals surface area contributed by atoms with E-state index in [1.165, 1.54) is 11.3 Å². The molecule has 0 aliphatic carbocycles. The predicted molar refractivity (Wildman–Crippen MR) is 85.2 cm³/mol. The molecule has 1 aromatic heterocycles. The Morgan fingerprint density at radius 1 is 1.38 bits per heavy atom. The van der Waals surface area contributed by atoms with Crippen molar-refractivity contribution in [2.75, 3.05) is 19.8 Å². The first kappa shape index (κ1) is 16.9. The molecule has 7 heteroatoms. The number of ether oxygens (including phenoxy) is 1. The van der Waals surface area contributed by atoms with Crippen LogP contribution in [0.5, 0.6) is 0 Å². The van der Waals surface area contributed by atoms with Crippen molar-refractivity contribution in [1.29, 1.82) is 0 Å². The van der Waals surface area contributed by atoms with E-state index in [0.717, 1.165) is 42.8 Å². The van der Waals surface area contributed by atoms with Crippen molar-refractivity contribution in [2.45, 2.75) is 49.9 Å². The van der Waals surface area contributed by atoms with Gasteiger partial charge in [0.15, 0.2) is 0 Å². The Hall–Kier alpha value is -0.470. The van der Waals surface area contributed by atoms with Crippen LogP contribution in [-0.2, 0) is 21.3 Å². The molecule has 0 atom stereocenters. The van der Waals surface area contributed by atoms with Crippen molar-refractivity contribution in [3.8, 4) is 0 Å². The van der Waals surface area contributed by atoms with E-state index in [1.807, 2.05) is 6.92 Å². The van der Waals surface area contributed by atoms with E-state index in [0.29, 0.717) is 17.4 Å². The maximum atomic E-state index is 12.4. The minimum Gasteiger partial charge on any atom is -0.381 e. The topological polar surface area (TPSA) is 67.4 Å². The molecule has 21 heavy (non-hydrogen) atoms. The summed E-state index contributed by atoms with van der Waals surface area (Å²) < 4.78 is 33.3. The van der Waals surface area contributed by atoms with Gasteiger partial charge >= 0.3 is 0 Å². The fraction of sp³-hybridized carbons (Fsp3) is 0.714. The summed E-state index contributed by atoms with van der Waals surface area (Å²) in [6.07, 6.45) is 2.56. The maximum absolute atomic E-state index is 12.4. The monoisotopic (exact) mass is 332 g/mol. The fourth-order valence-electron chi connectivity index (χ4n) is 2.27. The zero-order valence-electron chi connectivity index (χ0n) is 12.6. The molecule has 1 aliphatic rings. The average Bonchev–Trinajstić information content (AvgIpc) is 2.82. The lowest BCUT2D eigenvalue weighted by atomic mass is 10.1. The van der Waals surface area contributed by atoms with Gasteiger partial charge in [0.25, 0.3) is 0 Å². The summed E-state index contributed by atoms with van der Waals surface area (Å²) in [6, 6.07) is 1.77.